The Morgan fingerprint density at radius 2 is 2.38 bits per heavy atom. The molecule has 2 aromatic heterocycles. The second kappa shape index (κ2) is 6.77. The summed E-state index contributed by atoms with van der Waals surface area (Å²) in [5.74, 6) is 0.538. The van der Waals surface area contributed by atoms with Gasteiger partial charge in [0, 0.05) is 22.5 Å². The Labute approximate surface area is 130 Å². The molecular weight excluding hydrogens is 280 g/mol. The lowest BCUT2D eigenvalue weighted by Crippen LogP contribution is -2.31. The van der Waals surface area contributed by atoms with Crippen molar-refractivity contribution in [2.45, 2.75) is 44.7 Å². The summed E-state index contributed by atoms with van der Waals surface area (Å²) in [6.45, 7) is 3.23. The molecule has 4 heteroatoms. The fourth-order valence-electron chi connectivity index (χ4n) is 3.30. The van der Waals surface area contributed by atoms with E-state index in [2.05, 4.69) is 29.8 Å². The molecule has 0 fully saturated rings. The minimum Gasteiger partial charge on any atom is -0.472 e. The average Bonchev–Trinajstić information content (AvgIpc) is 3.17. The Hall–Kier alpha value is -1.10. The van der Waals surface area contributed by atoms with Gasteiger partial charge in [-0.25, -0.2) is 0 Å². The van der Waals surface area contributed by atoms with Gasteiger partial charge in [-0.2, -0.15) is 0 Å². The van der Waals surface area contributed by atoms with Gasteiger partial charge >= 0.3 is 0 Å². The topological polar surface area (TPSA) is 51.2 Å². The van der Waals surface area contributed by atoms with E-state index in [1.165, 1.54) is 28.8 Å². The molecule has 1 aliphatic rings. The van der Waals surface area contributed by atoms with E-state index in [9.17, 15) is 0 Å². The molecule has 3 unspecified atom stereocenters. The molecule has 21 heavy (non-hydrogen) atoms. The molecular formula is C17H24N2OS. The molecule has 0 amide bonds. The molecule has 3 rings (SSSR count). The third kappa shape index (κ3) is 3.23. The Balaban J connectivity index is 1.71. The van der Waals surface area contributed by atoms with Crippen LogP contribution in [0, 0.1) is 5.92 Å². The number of furan rings is 1. The zero-order valence-electron chi connectivity index (χ0n) is 12.5. The van der Waals surface area contributed by atoms with Crippen LogP contribution in [0.4, 0.5) is 0 Å². The van der Waals surface area contributed by atoms with Crippen LogP contribution in [-0.2, 0) is 6.42 Å². The largest absolute Gasteiger partial charge is 0.472 e. The van der Waals surface area contributed by atoms with Crippen LogP contribution in [0.15, 0.2) is 34.5 Å². The molecule has 0 bridgehead atoms. The Kier molecular flexibility index (Phi) is 4.78. The highest BCUT2D eigenvalue weighted by molar-refractivity contribution is 7.10. The van der Waals surface area contributed by atoms with Crippen LogP contribution < -0.4 is 11.1 Å². The van der Waals surface area contributed by atoms with Crippen LogP contribution in [0.25, 0.3) is 0 Å². The maximum atomic E-state index is 6.52. The smallest absolute Gasteiger partial charge is 0.0950 e. The molecule has 3 atom stereocenters. The molecule has 0 aromatic carbocycles. The summed E-state index contributed by atoms with van der Waals surface area (Å²) in [5, 5.41) is 5.82. The normalized spacial score (nSPS) is 23.0. The molecule has 0 saturated heterocycles. The highest BCUT2D eigenvalue weighted by atomic mass is 32.1. The zero-order valence-corrected chi connectivity index (χ0v) is 13.4. The van der Waals surface area contributed by atoms with Crippen LogP contribution in [0.5, 0.6) is 0 Å². The second-order valence-electron chi connectivity index (χ2n) is 5.92. The first-order valence-electron chi connectivity index (χ1n) is 7.87. The fraction of sp³-hybridized carbons (Fsp3) is 0.529. The number of hydrogen-bond acceptors (Lipinski definition) is 4. The molecule has 3 N–H and O–H groups in total. The Morgan fingerprint density at radius 3 is 3.14 bits per heavy atom. The van der Waals surface area contributed by atoms with E-state index < -0.39 is 0 Å². The SMILES string of the molecule is CCCNC(CC1CCc2sccc2C1N)c1ccoc1. The molecule has 3 nitrogen and oxygen atoms in total. The van der Waals surface area contributed by atoms with E-state index >= 15 is 0 Å². The number of nitrogens with one attached hydrogen (secondary N) is 1. The summed E-state index contributed by atoms with van der Waals surface area (Å²) in [6, 6.07) is 4.80. The van der Waals surface area contributed by atoms with Crippen LogP contribution in [-0.4, -0.2) is 6.54 Å². The quantitative estimate of drug-likeness (QED) is 0.847. The minimum absolute atomic E-state index is 0.179. The van der Waals surface area contributed by atoms with Gasteiger partial charge in [0.1, 0.15) is 0 Å². The second-order valence-corrected chi connectivity index (χ2v) is 6.92. The highest BCUT2D eigenvalue weighted by Crippen LogP contribution is 2.39. The van der Waals surface area contributed by atoms with Crippen LogP contribution in [0.3, 0.4) is 0 Å². The van der Waals surface area contributed by atoms with Crippen molar-refractivity contribution in [3.05, 3.63) is 46.0 Å². The highest BCUT2D eigenvalue weighted by Gasteiger charge is 2.30. The van der Waals surface area contributed by atoms with E-state index in [0.29, 0.717) is 12.0 Å². The van der Waals surface area contributed by atoms with Crippen LogP contribution in [0.2, 0.25) is 0 Å². The summed E-state index contributed by atoms with van der Waals surface area (Å²) < 4.78 is 5.27. The third-order valence-corrected chi connectivity index (χ3v) is 5.51. The summed E-state index contributed by atoms with van der Waals surface area (Å²) >= 11 is 1.85. The molecule has 0 saturated carbocycles. The molecule has 0 aliphatic heterocycles. The lowest BCUT2D eigenvalue weighted by Gasteiger charge is -2.32. The van der Waals surface area contributed by atoms with Gasteiger partial charge in [-0.3, -0.25) is 0 Å². The van der Waals surface area contributed by atoms with Crippen molar-refractivity contribution in [2.75, 3.05) is 6.54 Å². The zero-order chi connectivity index (χ0) is 14.7. The van der Waals surface area contributed by atoms with Crippen LogP contribution in [0.1, 0.15) is 54.3 Å². The van der Waals surface area contributed by atoms with Gasteiger partial charge in [0.05, 0.1) is 12.5 Å². The number of rotatable bonds is 6. The van der Waals surface area contributed by atoms with Gasteiger partial charge in [0.15, 0.2) is 0 Å². The maximum Gasteiger partial charge on any atom is 0.0950 e. The molecule has 1 aliphatic carbocycles. The third-order valence-electron chi connectivity index (χ3n) is 4.51. The maximum absolute atomic E-state index is 6.52. The first-order valence-corrected chi connectivity index (χ1v) is 8.75. The number of aryl methyl sites for hydroxylation is 1. The van der Waals surface area contributed by atoms with Crippen molar-refractivity contribution in [3.63, 3.8) is 0 Å². The van der Waals surface area contributed by atoms with E-state index in [4.69, 9.17) is 10.2 Å². The summed E-state index contributed by atoms with van der Waals surface area (Å²) in [5.41, 5.74) is 9.14. The summed E-state index contributed by atoms with van der Waals surface area (Å²) in [6.07, 6.45) is 8.20. The van der Waals surface area contributed by atoms with E-state index in [0.717, 1.165) is 19.4 Å². The first kappa shape index (κ1) is 14.8. The van der Waals surface area contributed by atoms with Crippen molar-refractivity contribution >= 4 is 11.3 Å². The van der Waals surface area contributed by atoms with E-state index in [1.54, 1.807) is 6.26 Å². The van der Waals surface area contributed by atoms with E-state index in [1.807, 2.05) is 17.6 Å². The standard InChI is InChI=1S/C17H24N2OS/c1-2-7-19-15(13-5-8-20-11-13)10-12-3-4-16-14(17(12)18)6-9-21-16/h5-6,8-9,11-12,15,17,19H,2-4,7,10,18H2,1H3. The Bertz CT molecular complexity index is 549. The van der Waals surface area contributed by atoms with Crippen molar-refractivity contribution in [3.8, 4) is 0 Å². The van der Waals surface area contributed by atoms with E-state index in [-0.39, 0.29) is 6.04 Å². The van der Waals surface area contributed by atoms with Crippen molar-refractivity contribution < 1.29 is 4.42 Å². The van der Waals surface area contributed by atoms with Gasteiger partial charge < -0.3 is 15.5 Å². The number of thiophene rings is 1. The van der Waals surface area contributed by atoms with Gasteiger partial charge in [-0.15, -0.1) is 11.3 Å². The van der Waals surface area contributed by atoms with Gasteiger partial charge in [0.2, 0.25) is 0 Å². The number of fused-ring (bicyclic) bond motifs is 1. The Morgan fingerprint density at radius 1 is 1.48 bits per heavy atom. The average molecular weight is 304 g/mol. The van der Waals surface area contributed by atoms with Crippen LogP contribution >= 0.6 is 11.3 Å². The predicted octanol–water partition coefficient (Wildman–Crippen LogP) is 4.03. The lowest BCUT2D eigenvalue weighted by atomic mass is 9.79. The lowest BCUT2D eigenvalue weighted by molar-refractivity contribution is 0.309. The molecule has 2 aromatic rings. The number of hydrogen-bond donors (Lipinski definition) is 2. The molecule has 0 radical (unpaired) electrons. The van der Waals surface area contributed by atoms with Gasteiger partial charge in [0.25, 0.3) is 0 Å². The number of nitrogens with two attached hydrogens (primary N) is 1. The summed E-state index contributed by atoms with van der Waals surface area (Å²) in [7, 11) is 0. The molecule has 114 valence electrons. The predicted molar refractivity (Wildman–Crippen MR) is 87.4 cm³/mol. The van der Waals surface area contributed by atoms with Crippen molar-refractivity contribution in [2.24, 2.45) is 11.7 Å². The van der Waals surface area contributed by atoms with Crippen molar-refractivity contribution in [1.29, 1.82) is 0 Å². The van der Waals surface area contributed by atoms with Gasteiger partial charge in [-0.05, 0) is 61.2 Å². The molecule has 2 heterocycles. The molecule has 0 spiro atoms. The minimum atomic E-state index is 0.179. The van der Waals surface area contributed by atoms with Gasteiger partial charge in [-0.1, -0.05) is 6.92 Å². The monoisotopic (exact) mass is 304 g/mol. The first-order chi connectivity index (χ1) is 10.3. The van der Waals surface area contributed by atoms with Crippen molar-refractivity contribution in [1.82, 2.24) is 5.32 Å². The summed E-state index contributed by atoms with van der Waals surface area (Å²) in [4.78, 5) is 1.49. The fourth-order valence-corrected chi connectivity index (χ4v) is 4.25.